The van der Waals surface area contributed by atoms with Gasteiger partial charge < -0.3 is 19.9 Å². The van der Waals surface area contributed by atoms with Gasteiger partial charge in [0.2, 0.25) is 0 Å². The Kier molecular flexibility index (Phi) is 6.83. The third-order valence-electron chi connectivity index (χ3n) is 4.19. The van der Waals surface area contributed by atoms with Crippen molar-refractivity contribution < 1.29 is 24.3 Å². The van der Waals surface area contributed by atoms with Crippen molar-refractivity contribution >= 4 is 11.6 Å². The number of aromatic hydroxyl groups is 1. The smallest absolute Gasteiger partial charge is 0.270 e. The Morgan fingerprint density at radius 1 is 0.967 bits per heavy atom. The molecule has 8 heteroatoms. The first kappa shape index (κ1) is 20.7. The zero-order chi connectivity index (χ0) is 21.3. The minimum absolute atomic E-state index is 0.0536. The molecule has 0 aliphatic heterocycles. The van der Waals surface area contributed by atoms with Gasteiger partial charge in [0.25, 0.3) is 11.6 Å². The molecule has 154 valence electrons. The number of benzene rings is 3. The largest absolute Gasteiger partial charge is 0.508 e. The van der Waals surface area contributed by atoms with Gasteiger partial charge in [-0.25, -0.2) is 0 Å². The van der Waals surface area contributed by atoms with E-state index in [1.54, 1.807) is 24.3 Å². The average Bonchev–Trinajstić information content (AvgIpc) is 2.77. The topological polar surface area (TPSA) is 111 Å². The van der Waals surface area contributed by atoms with Crippen LogP contribution in [0.25, 0.3) is 0 Å². The first-order chi connectivity index (χ1) is 14.5. The standard InChI is InChI=1S/C22H20N2O6/c25-21-11-6-18(24(27)28)12-17(21)13-23-22(26)15-30-20-9-7-19(8-10-20)29-14-16-4-2-1-3-5-16/h1-12,25H,13-15H2,(H,23,26). The van der Waals surface area contributed by atoms with Crippen LogP contribution < -0.4 is 14.8 Å². The Morgan fingerprint density at radius 2 is 1.63 bits per heavy atom. The van der Waals surface area contributed by atoms with Crippen LogP contribution in [0.4, 0.5) is 5.69 Å². The number of rotatable bonds is 9. The minimum atomic E-state index is -0.568. The van der Waals surface area contributed by atoms with Crippen LogP contribution in [-0.4, -0.2) is 22.5 Å². The molecule has 0 heterocycles. The Balaban J connectivity index is 1.44. The van der Waals surface area contributed by atoms with Crippen LogP contribution >= 0.6 is 0 Å². The Hall–Kier alpha value is -4.07. The maximum Gasteiger partial charge on any atom is 0.270 e. The lowest BCUT2D eigenvalue weighted by Crippen LogP contribution is -2.28. The summed E-state index contributed by atoms with van der Waals surface area (Å²) < 4.78 is 11.1. The Morgan fingerprint density at radius 3 is 2.30 bits per heavy atom. The molecule has 0 unspecified atom stereocenters. The van der Waals surface area contributed by atoms with Crippen molar-refractivity contribution in [3.05, 3.63) is 94.0 Å². The summed E-state index contributed by atoms with van der Waals surface area (Å²) in [4.78, 5) is 22.2. The molecule has 0 bridgehead atoms. The number of nitrogens with zero attached hydrogens (tertiary/aromatic N) is 1. The molecule has 3 aromatic carbocycles. The van der Waals surface area contributed by atoms with E-state index in [0.29, 0.717) is 18.1 Å². The second-order valence-corrected chi connectivity index (χ2v) is 6.38. The first-order valence-electron chi connectivity index (χ1n) is 9.14. The number of amides is 1. The molecule has 0 spiro atoms. The zero-order valence-corrected chi connectivity index (χ0v) is 16.0. The molecule has 2 N–H and O–H groups in total. The maximum atomic E-state index is 12.0. The lowest BCUT2D eigenvalue weighted by molar-refractivity contribution is -0.384. The van der Waals surface area contributed by atoms with Crippen LogP contribution in [-0.2, 0) is 17.9 Å². The fourth-order valence-electron chi connectivity index (χ4n) is 2.59. The number of nitro benzene ring substituents is 1. The highest BCUT2D eigenvalue weighted by molar-refractivity contribution is 5.77. The lowest BCUT2D eigenvalue weighted by atomic mass is 10.2. The van der Waals surface area contributed by atoms with Gasteiger partial charge in [-0.1, -0.05) is 30.3 Å². The number of hydrogen-bond donors (Lipinski definition) is 2. The predicted octanol–water partition coefficient (Wildman–Crippen LogP) is 3.57. The number of nitrogens with one attached hydrogen (secondary N) is 1. The summed E-state index contributed by atoms with van der Waals surface area (Å²) >= 11 is 0. The molecule has 3 aromatic rings. The molecule has 0 aliphatic rings. The SMILES string of the molecule is O=C(COc1ccc(OCc2ccccc2)cc1)NCc1cc([N+](=O)[O-])ccc1O. The van der Waals surface area contributed by atoms with Gasteiger partial charge in [-0.15, -0.1) is 0 Å². The Labute approximate surface area is 172 Å². The summed E-state index contributed by atoms with van der Waals surface area (Å²) in [5.41, 5.74) is 1.14. The van der Waals surface area contributed by atoms with Gasteiger partial charge in [-0.2, -0.15) is 0 Å². The van der Waals surface area contributed by atoms with Crippen molar-refractivity contribution in [2.45, 2.75) is 13.2 Å². The number of phenolic OH excluding ortho intramolecular Hbond substituents is 1. The van der Waals surface area contributed by atoms with Crippen molar-refractivity contribution in [3.63, 3.8) is 0 Å². The average molecular weight is 408 g/mol. The number of carbonyl (C=O) groups is 1. The van der Waals surface area contributed by atoms with Gasteiger partial charge in [0.05, 0.1) is 4.92 Å². The van der Waals surface area contributed by atoms with E-state index in [2.05, 4.69) is 5.32 Å². The highest BCUT2D eigenvalue weighted by Crippen LogP contribution is 2.23. The van der Waals surface area contributed by atoms with Crippen LogP contribution in [0.1, 0.15) is 11.1 Å². The quantitative estimate of drug-likeness (QED) is 0.414. The second kappa shape index (κ2) is 9.92. The van der Waals surface area contributed by atoms with Crippen LogP contribution in [0.5, 0.6) is 17.2 Å². The summed E-state index contributed by atoms with van der Waals surface area (Å²) in [7, 11) is 0. The Bertz CT molecular complexity index is 1010. The van der Waals surface area contributed by atoms with E-state index in [1.165, 1.54) is 18.2 Å². The molecule has 0 atom stereocenters. The number of nitro groups is 1. The summed E-state index contributed by atoms with van der Waals surface area (Å²) in [6.45, 7) is 0.163. The van der Waals surface area contributed by atoms with E-state index in [0.717, 1.165) is 5.56 Å². The number of ether oxygens (including phenoxy) is 2. The number of phenols is 1. The zero-order valence-electron chi connectivity index (χ0n) is 16.0. The van der Waals surface area contributed by atoms with Gasteiger partial charge in [0.15, 0.2) is 6.61 Å². The summed E-state index contributed by atoms with van der Waals surface area (Å²) in [6, 6.07) is 20.3. The van der Waals surface area contributed by atoms with Crippen LogP contribution in [0.15, 0.2) is 72.8 Å². The van der Waals surface area contributed by atoms with Crippen LogP contribution in [0, 0.1) is 10.1 Å². The molecule has 0 saturated heterocycles. The van der Waals surface area contributed by atoms with E-state index in [-0.39, 0.29) is 30.2 Å². The summed E-state index contributed by atoms with van der Waals surface area (Å²) in [5.74, 6) is 0.616. The second-order valence-electron chi connectivity index (χ2n) is 6.38. The molecular weight excluding hydrogens is 388 g/mol. The third kappa shape index (κ3) is 5.96. The molecule has 30 heavy (non-hydrogen) atoms. The van der Waals surface area contributed by atoms with Crippen molar-refractivity contribution in [2.75, 3.05) is 6.61 Å². The van der Waals surface area contributed by atoms with E-state index in [1.807, 2.05) is 30.3 Å². The van der Waals surface area contributed by atoms with E-state index < -0.39 is 10.8 Å². The molecule has 0 radical (unpaired) electrons. The van der Waals surface area contributed by atoms with Crippen molar-refractivity contribution in [3.8, 4) is 17.2 Å². The fraction of sp³-hybridized carbons (Fsp3) is 0.136. The van der Waals surface area contributed by atoms with Crippen LogP contribution in [0.3, 0.4) is 0 Å². The molecule has 8 nitrogen and oxygen atoms in total. The van der Waals surface area contributed by atoms with Gasteiger partial charge in [0, 0.05) is 24.2 Å². The lowest BCUT2D eigenvalue weighted by Gasteiger charge is -2.10. The molecule has 1 amide bonds. The van der Waals surface area contributed by atoms with Gasteiger partial charge in [-0.05, 0) is 35.9 Å². The molecular formula is C22H20N2O6. The molecule has 0 fully saturated rings. The minimum Gasteiger partial charge on any atom is -0.508 e. The van der Waals surface area contributed by atoms with Gasteiger partial charge >= 0.3 is 0 Å². The monoisotopic (exact) mass is 408 g/mol. The van der Waals surface area contributed by atoms with Crippen molar-refractivity contribution in [1.82, 2.24) is 5.32 Å². The molecule has 0 aliphatic carbocycles. The highest BCUT2D eigenvalue weighted by Gasteiger charge is 2.11. The van der Waals surface area contributed by atoms with Crippen molar-refractivity contribution in [1.29, 1.82) is 0 Å². The molecule has 0 saturated carbocycles. The van der Waals surface area contributed by atoms with E-state index >= 15 is 0 Å². The summed E-state index contributed by atoms with van der Waals surface area (Å²) in [5, 5.41) is 23.1. The van der Waals surface area contributed by atoms with E-state index in [9.17, 15) is 20.0 Å². The van der Waals surface area contributed by atoms with Crippen molar-refractivity contribution in [2.24, 2.45) is 0 Å². The maximum absolute atomic E-state index is 12.0. The first-order valence-corrected chi connectivity index (χ1v) is 9.14. The summed E-state index contributed by atoms with van der Waals surface area (Å²) in [6.07, 6.45) is 0. The van der Waals surface area contributed by atoms with E-state index in [4.69, 9.17) is 9.47 Å². The molecule has 0 aromatic heterocycles. The number of hydrogen-bond acceptors (Lipinski definition) is 6. The fourth-order valence-corrected chi connectivity index (χ4v) is 2.59. The predicted molar refractivity (Wildman–Crippen MR) is 109 cm³/mol. The highest BCUT2D eigenvalue weighted by atomic mass is 16.6. The van der Waals surface area contributed by atoms with Gasteiger partial charge in [0.1, 0.15) is 23.9 Å². The third-order valence-corrected chi connectivity index (χ3v) is 4.19. The molecule has 3 rings (SSSR count). The number of carbonyl (C=O) groups excluding carboxylic acids is 1. The van der Waals surface area contributed by atoms with Crippen LogP contribution in [0.2, 0.25) is 0 Å². The normalized spacial score (nSPS) is 10.3. The van der Waals surface area contributed by atoms with Gasteiger partial charge in [-0.3, -0.25) is 14.9 Å². The number of non-ortho nitro benzene ring substituents is 1.